The highest BCUT2D eigenvalue weighted by Gasteiger charge is 2.09. The first-order valence-electron chi connectivity index (χ1n) is 6.23. The molecule has 0 aromatic carbocycles. The number of aliphatic hydroxyl groups excluding tert-OH is 1. The molecule has 0 spiro atoms. The lowest BCUT2D eigenvalue weighted by Crippen LogP contribution is -2.04. The van der Waals surface area contributed by atoms with Crippen LogP contribution >= 0.6 is 0 Å². The maximum atomic E-state index is 10.2. The molecule has 1 unspecified atom stereocenters. The molecule has 94 valence electrons. The van der Waals surface area contributed by atoms with Crippen LogP contribution in [0, 0.1) is 6.92 Å². The first kappa shape index (κ1) is 12.7. The number of rotatable bonds is 4. The van der Waals surface area contributed by atoms with E-state index in [1.807, 2.05) is 31.3 Å². The number of nitrogens with zero attached hydrogens (tertiary/aromatic N) is 2. The Bertz CT molecular complexity index is 508. The summed E-state index contributed by atoms with van der Waals surface area (Å²) in [5, 5.41) is 10.2. The minimum Gasteiger partial charge on any atom is -0.388 e. The predicted octanol–water partition coefficient (Wildman–Crippen LogP) is 2.62. The molecule has 2 rings (SSSR count). The lowest BCUT2D eigenvalue weighted by molar-refractivity contribution is 0.177. The van der Waals surface area contributed by atoms with Gasteiger partial charge in [0.05, 0.1) is 6.10 Å². The summed E-state index contributed by atoms with van der Waals surface area (Å²) in [5.41, 5.74) is 3.94. The van der Waals surface area contributed by atoms with Crippen molar-refractivity contribution in [3.05, 3.63) is 59.2 Å². The number of hydrogen-bond donors (Lipinski definition) is 1. The second-order valence-electron chi connectivity index (χ2n) is 4.46. The molecule has 2 aromatic rings. The van der Waals surface area contributed by atoms with Gasteiger partial charge in [0.2, 0.25) is 0 Å². The maximum absolute atomic E-state index is 10.2. The quantitative estimate of drug-likeness (QED) is 0.896. The molecule has 0 aliphatic carbocycles. The Kier molecular flexibility index (Phi) is 4.05. The highest BCUT2D eigenvalue weighted by Crippen LogP contribution is 2.17. The zero-order valence-electron chi connectivity index (χ0n) is 10.8. The van der Waals surface area contributed by atoms with E-state index in [0.717, 1.165) is 23.4 Å². The molecule has 1 atom stereocenters. The molecule has 2 heterocycles. The van der Waals surface area contributed by atoms with Crippen LogP contribution in [-0.4, -0.2) is 15.1 Å². The summed E-state index contributed by atoms with van der Waals surface area (Å²) in [4.78, 5) is 8.49. The number of hydrogen-bond acceptors (Lipinski definition) is 3. The minimum absolute atomic E-state index is 0.522. The standard InChI is InChI=1S/C15H18N2O/c1-3-12-4-5-14(17-10-12)9-15(18)13-6-7-16-11(2)8-13/h4-8,10,15,18H,3,9H2,1-2H3. The van der Waals surface area contributed by atoms with Gasteiger partial charge in [-0.15, -0.1) is 0 Å². The molecule has 0 radical (unpaired) electrons. The molecule has 0 bridgehead atoms. The summed E-state index contributed by atoms with van der Waals surface area (Å²) < 4.78 is 0. The average molecular weight is 242 g/mol. The highest BCUT2D eigenvalue weighted by molar-refractivity contribution is 5.21. The van der Waals surface area contributed by atoms with Crippen molar-refractivity contribution in [1.82, 2.24) is 9.97 Å². The number of aromatic nitrogens is 2. The van der Waals surface area contributed by atoms with Crippen molar-refractivity contribution >= 4 is 0 Å². The van der Waals surface area contributed by atoms with E-state index in [1.165, 1.54) is 5.56 Å². The van der Waals surface area contributed by atoms with Gasteiger partial charge in [0.1, 0.15) is 0 Å². The molecule has 0 aliphatic heterocycles. The Hall–Kier alpha value is -1.74. The molecular weight excluding hydrogens is 224 g/mol. The molecule has 18 heavy (non-hydrogen) atoms. The van der Waals surface area contributed by atoms with Gasteiger partial charge in [-0.1, -0.05) is 13.0 Å². The molecule has 0 aliphatic rings. The van der Waals surface area contributed by atoms with Crippen LogP contribution in [0.25, 0.3) is 0 Å². The fourth-order valence-electron chi connectivity index (χ4n) is 1.88. The molecule has 0 fully saturated rings. The van der Waals surface area contributed by atoms with Gasteiger partial charge in [0.25, 0.3) is 0 Å². The number of aliphatic hydroxyl groups is 1. The van der Waals surface area contributed by atoms with Crippen molar-refractivity contribution in [3.63, 3.8) is 0 Å². The Balaban J connectivity index is 2.08. The van der Waals surface area contributed by atoms with Crippen molar-refractivity contribution < 1.29 is 5.11 Å². The van der Waals surface area contributed by atoms with Crippen LogP contribution in [-0.2, 0) is 12.8 Å². The topological polar surface area (TPSA) is 46.0 Å². The van der Waals surface area contributed by atoms with Crippen molar-refractivity contribution in [3.8, 4) is 0 Å². The van der Waals surface area contributed by atoms with E-state index < -0.39 is 6.10 Å². The predicted molar refractivity (Wildman–Crippen MR) is 71.3 cm³/mol. The first-order chi connectivity index (χ1) is 8.69. The minimum atomic E-state index is -0.522. The second-order valence-corrected chi connectivity index (χ2v) is 4.46. The Morgan fingerprint density at radius 2 is 2.06 bits per heavy atom. The largest absolute Gasteiger partial charge is 0.388 e. The van der Waals surface area contributed by atoms with Gasteiger partial charge < -0.3 is 5.11 Å². The Morgan fingerprint density at radius 3 is 2.67 bits per heavy atom. The van der Waals surface area contributed by atoms with Crippen LogP contribution in [0.1, 0.15) is 35.5 Å². The van der Waals surface area contributed by atoms with E-state index >= 15 is 0 Å². The van der Waals surface area contributed by atoms with Crippen molar-refractivity contribution in [2.45, 2.75) is 32.8 Å². The molecule has 2 aromatic heterocycles. The molecule has 0 saturated heterocycles. The van der Waals surface area contributed by atoms with Crippen LogP contribution in [0.4, 0.5) is 0 Å². The summed E-state index contributed by atoms with van der Waals surface area (Å²) in [6, 6.07) is 7.80. The van der Waals surface area contributed by atoms with Gasteiger partial charge >= 0.3 is 0 Å². The zero-order valence-corrected chi connectivity index (χ0v) is 10.8. The summed E-state index contributed by atoms with van der Waals surface area (Å²) in [7, 11) is 0. The third kappa shape index (κ3) is 3.14. The summed E-state index contributed by atoms with van der Waals surface area (Å²) in [6.45, 7) is 4.02. The fraction of sp³-hybridized carbons (Fsp3) is 0.333. The van der Waals surface area contributed by atoms with E-state index in [9.17, 15) is 5.11 Å². The lowest BCUT2D eigenvalue weighted by Gasteiger charge is -2.11. The molecule has 3 nitrogen and oxygen atoms in total. The summed E-state index contributed by atoms with van der Waals surface area (Å²) in [6.07, 6.45) is 4.60. The molecule has 1 N–H and O–H groups in total. The third-order valence-corrected chi connectivity index (χ3v) is 3.00. The molecular formula is C15H18N2O. The maximum Gasteiger partial charge on any atom is 0.0846 e. The molecule has 3 heteroatoms. The molecule has 0 amide bonds. The van der Waals surface area contributed by atoms with Crippen molar-refractivity contribution in [1.29, 1.82) is 0 Å². The van der Waals surface area contributed by atoms with Gasteiger partial charge in [-0.25, -0.2) is 0 Å². The monoisotopic (exact) mass is 242 g/mol. The molecule has 0 saturated carbocycles. The van der Waals surface area contributed by atoms with Gasteiger partial charge in [-0.2, -0.15) is 0 Å². The lowest BCUT2D eigenvalue weighted by atomic mass is 10.0. The van der Waals surface area contributed by atoms with E-state index in [2.05, 4.69) is 23.0 Å². The smallest absolute Gasteiger partial charge is 0.0846 e. The van der Waals surface area contributed by atoms with E-state index in [0.29, 0.717) is 6.42 Å². The van der Waals surface area contributed by atoms with Gasteiger partial charge in [0, 0.05) is 30.2 Å². The van der Waals surface area contributed by atoms with Crippen molar-refractivity contribution in [2.75, 3.05) is 0 Å². The Morgan fingerprint density at radius 1 is 1.22 bits per heavy atom. The van der Waals surface area contributed by atoms with Crippen LogP contribution in [0.2, 0.25) is 0 Å². The summed E-state index contributed by atoms with van der Waals surface area (Å²) in [5.74, 6) is 0. The number of pyridine rings is 2. The first-order valence-corrected chi connectivity index (χ1v) is 6.23. The third-order valence-electron chi connectivity index (χ3n) is 3.00. The Labute approximate surface area is 108 Å². The summed E-state index contributed by atoms with van der Waals surface area (Å²) >= 11 is 0. The van der Waals surface area contributed by atoms with Crippen LogP contribution < -0.4 is 0 Å². The van der Waals surface area contributed by atoms with Crippen LogP contribution in [0.3, 0.4) is 0 Å². The van der Waals surface area contributed by atoms with Crippen LogP contribution in [0.15, 0.2) is 36.7 Å². The second kappa shape index (κ2) is 5.74. The SMILES string of the molecule is CCc1ccc(CC(O)c2ccnc(C)c2)nc1. The van der Waals surface area contributed by atoms with Crippen LogP contribution in [0.5, 0.6) is 0 Å². The van der Waals surface area contributed by atoms with Gasteiger partial charge in [-0.05, 0) is 42.7 Å². The zero-order chi connectivity index (χ0) is 13.0. The van der Waals surface area contributed by atoms with E-state index in [4.69, 9.17) is 0 Å². The van der Waals surface area contributed by atoms with Gasteiger partial charge in [-0.3, -0.25) is 9.97 Å². The van der Waals surface area contributed by atoms with Crippen molar-refractivity contribution in [2.24, 2.45) is 0 Å². The van der Waals surface area contributed by atoms with Gasteiger partial charge in [0.15, 0.2) is 0 Å². The highest BCUT2D eigenvalue weighted by atomic mass is 16.3. The van der Waals surface area contributed by atoms with E-state index in [1.54, 1.807) is 6.20 Å². The number of aryl methyl sites for hydroxylation is 2. The normalized spacial score (nSPS) is 12.4. The fourth-order valence-corrected chi connectivity index (χ4v) is 1.88. The average Bonchev–Trinajstić information content (AvgIpc) is 2.39. The van der Waals surface area contributed by atoms with E-state index in [-0.39, 0.29) is 0 Å².